The van der Waals surface area contributed by atoms with Crippen LogP contribution < -0.4 is 4.90 Å². The first-order chi connectivity index (χ1) is 11.4. The topological polar surface area (TPSA) is 89.5 Å². The van der Waals surface area contributed by atoms with Crippen molar-refractivity contribution in [1.82, 2.24) is 9.97 Å². The standard InChI is InChI=1S/C15H14FN3O4S/c1-23-15(20)10-2-3-13(18-7-10)11-8-19(9-11)12-4-5-17-14(6-12)24(16,21)22/h2-7,11H,8-9H2,1H3. The number of rotatable bonds is 4. The second-order valence-corrected chi connectivity index (χ2v) is 6.65. The molecule has 1 aliphatic heterocycles. The van der Waals surface area contributed by atoms with Crippen molar-refractivity contribution < 1.29 is 21.8 Å². The molecule has 1 aliphatic rings. The van der Waals surface area contributed by atoms with E-state index < -0.39 is 21.2 Å². The van der Waals surface area contributed by atoms with Crippen molar-refractivity contribution in [2.75, 3.05) is 25.1 Å². The first-order valence-corrected chi connectivity index (χ1v) is 8.47. The van der Waals surface area contributed by atoms with Crippen molar-refractivity contribution in [1.29, 1.82) is 0 Å². The van der Waals surface area contributed by atoms with Gasteiger partial charge in [-0.2, -0.15) is 8.42 Å². The third-order valence-corrected chi connectivity index (χ3v) is 4.56. The van der Waals surface area contributed by atoms with Crippen molar-refractivity contribution in [2.45, 2.75) is 10.9 Å². The predicted molar refractivity (Wildman–Crippen MR) is 83.1 cm³/mol. The number of hydrogen-bond donors (Lipinski definition) is 0. The lowest BCUT2D eigenvalue weighted by molar-refractivity contribution is 0.0600. The normalized spacial score (nSPS) is 15.0. The van der Waals surface area contributed by atoms with Crippen LogP contribution in [0.25, 0.3) is 0 Å². The Labute approximate surface area is 138 Å². The van der Waals surface area contributed by atoms with Crippen molar-refractivity contribution in [2.24, 2.45) is 0 Å². The van der Waals surface area contributed by atoms with Gasteiger partial charge in [0.2, 0.25) is 0 Å². The zero-order valence-electron chi connectivity index (χ0n) is 12.7. The number of pyridine rings is 2. The van der Waals surface area contributed by atoms with Crippen molar-refractivity contribution in [3.05, 3.63) is 47.9 Å². The molecule has 0 unspecified atom stereocenters. The Kier molecular flexibility index (Phi) is 4.18. The van der Waals surface area contributed by atoms with E-state index in [-0.39, 0.29) is 5.92 Å². The third-order valence-electron chi connectivity index (χ3n) is 3.84. The second-order valence-electron chi connectivity index (χ2n) is 5.36. The summed E-state index contributed by atoms with van der Waals surface area (Å²) in [6, 6.07) is 6.24. The van der Waals surface area contributed by atoms with Crippen LogP contribution in [0, 0.1) is 0 Å². The number of carbonyl (C=O) groups is 1. The molecule has 7 nitrogen and oxygen atoms in total. The van der Waals surface area contributed by atoms with Crippen LogP contribution in [0.4, 0.5) is 9.57 Å². The molecular formula is C15H14FN3O4S. The molecule has 126 valence electrons. The average Bonchev–Trinajstić information content (AvgIpc) is 2.53. The Morgan fingerprint density at radius 1 is 1.29 bits per heavy atom. The fourth-order valence-corrected chi connectivity index (χ4v) is 2.94. The largest absolute Gasteiger partial charge is 0.465 e. The number of anilines is 1. The van der Waals surface area contributed by atoms with E-state index in [4.69, 9.17) is 0 Å². The molecule has 0 bridgehead atoms. The van der Waals surface area contributed by atoms with Crippen LogP contribution in [0.1, 0.15) is 22.0 Å². The third kappa shape index (κ3) is 3.21. The number of hydrogen-bond acceptors (Lipinski definition) is 7. The van der Waals surface area contributed by atoms with Gasteiger partial charge < -0.3 is 9.64 Å². The second kappa shape index (κ2) is 6.16. The zero-order chi connectivity index (χ0) is 17.3. The quantitative estimate of drug-likeness (QED) is 0.609. The van der Waals surface area contributed by atoms with Gasteiger partial charge in [0.05, 0.1) is 12.7 Å². The summed E-state index contributed by atoms with van der Waals surface area (Å²) in [6.07, 6.45) is 2.72. The maximum absolute atomic E-state index is 13.0. The fourth-order valence-electron chi connectivity index (χ4n) is 2.49. The van der Waals surface area contributed by atoms with Gasteiger partial charge in [-0.3, -0.25) is 4.98 Å². The Morgan fingerprint density at radius 2 is 2.04 bits per heavy atom. The van der Waals surface area contributed by atoms with E-state index in [9.17, 15) is 17.1 Å². The number of aromatic nitrogens is 2. The molecule has 0 saturated carbocycles. The summed E-state index contributed by atoms with van der Waals surface area (Å²) in [5, 5.41) is -0.594. The zero-order valence-corrected chi connectivity index (χ0v) is 13.5. The van der Waals surface area contributed by atoms with Gasteiger partial charge in [0, 0.05) is 48.8 Å². The molecule has 0 aliphatic carbocycles. The van der Waals surface area contributed by atoms with Gasteiger partial charge in [0.1, 0.15) is 0 Å². The summed E-state index contributed by atoms with van der Waals surface area (Å²) in [5.41, 5.74) is 1.79. The van der Waals surface area contributed by atoms with Crippen molar-refractivity contribution >= 4 is 21.9 Å². The molecule has 0 amide bonds. The molecule has 3 heterocycles. The van der Waals surface area contributed by atoms with Crippen LogP contribution >= 0.6 is 0 Å². The average molecular weight is 351 g/mol. The Bertz CT molecular complexity index is 865. The molecule has 0 aromatic carbocycles. The van der Waals surface area contributed by atoms with E-state index in [1.807, 2.05) is 4.90 Å². The monoisotopic (exact) mass is 351 g/mol. The minimum Gasteiger partial charge on any atom is -0.465 e. The molecule has 3 rings (SSSR count). The van der Waals surface area contributed by atoms with Crippen LogP contribution in [0.2, 0.25) is 0 Å². The highest BCUT2D eigenvalue weighted by atomic mass is 32.3. The first kappa shape index (κ1) is 16.3. The summed E-state index contributed by atoms with van der Waals surface area (Å²) in [7, 11) is -3.51. The van der Waals surface area contributed by atoms with Crippen LogP contribution in [0.15, 0.2) is 41.7 Å². The van der Waals surface area contributed by atoms with E-state index in [0.29, 0.717) is 24.3 Å². The molecule has 0 radical (unpaired) electrons. The molecule has 0 atom stereocenters. The lowest BCUT2D eigenvalue weighted by Gasteiger charge is -2.40. The molecule has 1 saturated heterocycles. The van der Waals surface area contributed by atoms with Crippen molar-refractivity contribution in [3.8, 4) is 0 Å². The van der Waals surface area contributed by atoms with Crippen LogP contribution in [0.5, 0.6) is 0 Å². The van der Waals surface area contributed by atoms with E-state index in [1.165, 1.54) is 25.6 Å². The number of ether oxygens (including phenoxy) is 1. The molecule has 0 N–H and O–H groups in total. The van der Waals surface area contributed by atoms with Gasteiger partial charge >= 0.3 is 16.2 Å². The van der Waals surface area contributed by atoms with Gasteiger partial charge in [-0.05, 0) is 18.2 Å². The van der Waals surface area contributed by atoms with Gasteiger partial charge in [-0.15, -0.1) is 0 Å². The number of halogens is 1. The number of carbonyl (C=O) groups excluding carboxylic acids is 1. The number of methoxy groups -OCH3 is 1. The predicted octanol–water partition coefficient (Wildman–Crippen LogP) is 1.53. The highest BCUT2D eigenvalue weighted by molar-refractivity contribution is 7.86. The maximum Gasteiger partial charge on any atom is 0.349 e. The fraction of sp³-hybridized carbons (Fsp3) is 0.267. The van der Waals surface area contributed by atoms with Gasteiger partial charge in [0.15, 0.2) is 5.03 Å². The van der Waals surface area contributed by atoms with Crippen molar-refractivity contribution in [3.63, 3.8) is 0 Å². The maximum atomic E-state index is 13.0. The summed E-state index contributed by atoms with van der Waals surface area (Å²) in [4.78, 5) is 21.0. The van der Waals surface area contributed by atoms with Crippen LogP contribution in [-0.4, -0.2) is 44.6 Å². The van der Waals surface area contributed by atoms with Gasteiger partial charge in [0.25, 0.3) is 0 Å². The molecule has 2 aromatic heterocycles. The molecule has 2 aromatic rings. The minimum atomic E-state index is -4.82. The highest BCUT2D eigenvalue weighted by Crippen LogP contribution is 2.31. The molecule has 1 fully saturated rings. The number of nitrogens with zero attached hydrogens (tertiary/aromatic N) is 3. The summed E-state index contributed by atoms with van der Waals surface area (Å²) >= 11 is 0. The highest BCUT2D eigenvalue weighted by Gasteiger charge is 2.30. The SMILES string of the molecule is COC(=O)c1ccc(C2CN(c3ccnc(S(=O)(=O)F)c3)C2)nc1. The Morgan fingerprint density at radius 3 is 2.62 bits per heavy atom. The van der Waals surface area contributed by atoms with E-state index in [1.54, 1.807) is 18.2 Å². The Balaban J connectivity index is 1.68. The molecule has 0 spiro atoms. The lowest BCUT2D eigenvalue weighted by atomic mass is 9.95. The first-order valence-electron chi connectivity index (χ1n) is 7.08. The Hall–Kier alpha value is -2.55. The molecule has 24 heavy (non-hydrogen) atoms. The molecular weight excluding hydrogens is 337 g/mol. The van der Waals surface area contributed by atoms with Crippen LogP contribution in [0.3, 0.4) is 0 Å². The molecule has 9 heteroatoms. The summed E-state index contributed by atoms with van der Waals surface area (Å²) in [5.74, 6) is -0.295. The van der Waals surface area contributed by atoms with E-state index in [0.717, 1.165) is 5.69 Å². The lowest BCUT2D eigenvalue weighted by Crippen LogP contribution is -2.45. The smallest absolute Gasteiger partial charge is 0.349 e. The van der Waals surface area contributed by atoms with Gasteiger partial charge in [-0.25, -0.2) is 9.78 Å². The van der Waals surface area contributed by atoms with E-state index in [2.05, 4.69) is 14.7 Å². The van der Waals surface area contributed by atoms with Gasteiger partial charge in [-0.1, -0.05) is 3.89 Å². The number of esters is 1. The van der Waals surface area contributed by atoms with Crippen LogP contribution in [-0.2, 0) is 15.0 Å². The summed E-state index contributed by atoms with van der Waals surface area (Å²) < 4.78 is 39.5. The minimum absolute atomic E-state index is 0.148. The van der Waals surface area contributed by atoms with E-state index >= 15 is 0 Å². The summed E-state index contributed by atoms with van der Waals surface area (Å²) in [6.45, 7) is 1.22.